The quantitative estimate of drug-likeness (QED) is 0.503. The topological polar surface area (TPSA) is 59.2 Å². The van der Waals surface area contributed by atoms with E-state index in [2.05, 4.69) is 9.72 Å². The van der Waals surface area contributed by atoms with Gasteiger partial charge in [0.2, 0.25) is 0 Å². The predicted octanol–water partition coefficient (Wildman–Crippen LogP) is 2.05. The maximum Gasteiger partial charge on any atom is 0.379 e. The van der Waals surface area contributed by atoms with Gasteiger partial charge in [-0.3, -0.25) is 4.79 Å². The summed E-state index contributed by atoms with van der Waals surface area (Å²) in [6, 6.07) is 4.33. The highest BCUT2D eigenvalue weighted by Gasteiger charge is 2.21. The van der Waals surface area contributed by atoms with Gasteiger partial charge >= 0.3 is 5.97 Å². The Morgan fingerprint density at radius 1 is 1.41 bits per heavy atom. The number of nitrogens with one attached hydrogen (secondary N) is 1. The van der Waals surface area contributed by atoms with Crippen molar-refractivity contribution in [2.24, 2.45) is 0 Å². The summed E-state index contributed by atoms with van der Waals surface area (Å²) < 4.78 is 18.0. The first kappa shape index (κ1) is 11.3. The van der Waals surface area contributed by atoms with E-state index in [1.54, 1.807) is 13.0 Å². The molecule has 0 spiro atoms. The minimum atomic E-state index is -0.933. The molecular weight excluding hydrogens is 225 g/mol. The average Bonchev–Trinajstić information content (AvgIpc) is 2.73. The Kier molecular flexibility index (Phi) is 2.91. The maximum atomic E-state index is 13.4. The molecule has 1 N–H and O–H groups in total. The summed E-state index contributed by atoms with van der Waals surface area (Å²) in [7, 11) is 0. The van der Waals surface area contributed by atoms with Gasteiger partial charge in [0.1, 0.15) is 5.82 Å². The zero-order chi connectivity index (χ0) is 12.4. The number of ether oxygens (including phenoxy) is 1. The summed E-state index contributed by atoms with van der Waals surface area (Å²) in [4.78, 5) is 25.6. The lowest BCUT2D eigenvalue weighted by molar-refractivity contribution is -0.137. The molecule has 0 fully saturated rings. The van der Waals surface area contributed by atoms with E-state index < -0.39 is 17.6 Å². The molecule has 0 aliphatic heterocycles. The Balaban J connectivity index is 2.46. The zero-order valence-electron chi connectivity index (χ0n) is 9.12. The number of Topliss-reactive ketones (excluding diaryl/α,β-unsaturated/α-hetero) is 1. The lowest BCUT2D eigenvalue weighted by atomic mass is 10.1. The Hall–Kier alpha value is -2.17. The maximum absolute atomic E-state index is 13.4. The number of rotatable bonds is 3. The second-order valence-electron chi connectivity index (χ2n) is 3.41. The van der Waals surface area contributed by atoms with Gasteiger partial charge in [-0.2, -0.15) is 0 Å². The third kappa shape index (κ3) is 1.91. The van der Waals surface area contributed by atoms with E-state index in [1.165, 1.54) is 18.3 Å². The molecule has 88 valence electrons. The van der Waals surface area contributed by atoms with Crippen LogP contribution in [0.1, 0.15) is 17.3 Å². The van der Waals surface area contributed by atoms with Gasteiger partial charge in [0.05, 0.1) is 17.7 Å². The molecule has 2 rings (SSSR count). The predicted molar refractivity (Wildman–Crippen MR) is 59.2 cm³/mol. The summed E-state index contributed by atoms with van der Waals surface area (Å²) in [5, 5.41) is 0.378. The van der Waals surface area contributed by atoms with Crippen LogP contribution in [-0.2, 0) is 9.53 Å². The van der Waals surface area contributed by atoms with E-state index >= 15 is 0 Å². The van der Waals surface area contributed by atoms with E-state index in [1.807, 2.05) is 0 Å². The Morgan fingerprint density at radius 2 is 2.18 bits per heavy atom. The van der Waals surface area contributed by atoms with Crippen LogP contribution in [0.3, 0.4) is 0 Å². The van der Waals surface area contributed by atoms with Crippen LogP contribution in [0.5, 0.6) is 0 Å². The van der Waals surface area contributed by atoms with Crippen LogP contribution in [-0.4, -0.2) is 23.3 Å². The largest absolute Gasteiger partial charge is 0.460 e. The van der Waals surface area contributed by atoms with E-state index in [0.29, 0.717) is 5.39 Å². The van der Waals surface area contributed by atoms with Crippen molar-refractivity contribution in [3.8, 4) is 0 Å². The summed E-state index contributed by atoms with van der Waals surface area (Å²) in [6.07, 6.45) is 1.31. The van der Waals surface area contributed by atoms with Gasteiger partial charge in [-0.1, -0.05) is 12.1 Å². The van der Waals surface area contributed by atoms with Crippen LogP contribution in [0.2, 0.25) is 0 Å². The number of aromatic nitrogens is 1. The molecule has 0 aliphatic carbocycles. The van der Waals surface area contributed by atoms with Crippen LogP contribution in [0.15, 0.2) is 24.4 Å². The zero-order valence-corrected chi connectivity index (χ0v) is 9.12. The lowest BCUT2D eigenvalue weighted by Crippen LogP contribution is -2.17. The molecule has 1 aromatic carbocycles. The fourth-order valence-electron chi connectivity index (χ4n) is 1.61. The van der Waals surface area contributed by atoms with Gasteiger partial charge in [0.15, 0.2) is 0 Å². The number of H-pyrrole nitrogens is 1. The molecule has 17 heavy (non-hydrogen) atoms. The van der Waals surface area contributed by atoms with Crippen molar-refractivity contribution in [2.75, 3.05) is 6.61 Å². The molecule has 5 heteroatoms. The molecule has 0 saturated carbocycles. The molecule has 2 aromatic rings. The summed E-state index contributed by atoms with van der Waals surface area (Å²) in [5.41, 5.74) is 0.332. The standard InChI is InChI=1S/C12H10FNO3/c1-2-17-12(16)11(15)8-6-14-10-7(8)4-3-5-9(10)13/h3-6,14H,2H2,1H3. The molecule has 1 aromatic heterocycles. The van der Waals surface area contributed by atoms with Crippen LogP contribution in [0.4, 0.5) is 4.39 Å². The van der Waals surface area contributed by atoms with E-state index in [4.69, 9.17) is 0 Å². The second kappa shape index (κ2) is 4.37. The first-order chi connectivity index (χ1) is 8.15. The fraction of sp³-hybridized carbons (Fsp3) is 0.167. The number of halogens is 1. The summed E-state index contributed by atoms with van der Waals surface area (Å²) in [6.45, 7) is 1.74. The van der Waals surface area contributed by atoms with Crippen LogP contribution < -0.4 is 0 Å². The summed E-state index contributed by atoms with van der Waals surface area (Å²) >= 11 is 0. The van der Waals surface area contributed by atoms with Gasteiger partial charge in [0, 0.05) is 11.6 Å². The van der Waals surface area contributed by atoms with Gasteiger partial charge in [-0.05, 0) is 13.0 Å². The number of aromatic amines is 1. The second-order valence-corrected chi connectivity index (χ2v) is 3.41. The molecule has 1 heterocycles. The van der Waals surface area contributed by atoms with Crippen LogP contribution in [0.25, 0.3) is 10.9 Å². The number of carbonyl (C=O) groups is 2. The number of benzene rings is 1. The van der Waals surface area contributed by atoms with Crippen molar-refractivity contribution in [1.29, 1.82) is 0 Å². The molecule has 0 aliphatic rings. The number of carbonyl (C=O) groups excluding carboxylic acids is 2. The van der Waals surface area contributed by atoms with E-state index in [-0.39, 0.29) is 17.7 Å². The molecule has 0 bridgehead atoms. The number of hydrogen-bond acceptors (Lipinski definition) is 3. The fourth-order valence-corrected chi connectivity index (χ4v) is 1.61. The number of fused-ring (bicyclic) bond motifs is 1. The molecule has 0 amide bonds. The van der Waals surface area contributed by atoms with Gasteiger partial charge in [0.25, 0.3) is 5.78 Å². The Labute approximate surface area is 96.4 Å². The number of para-hydroxylation sites is 1. The van der Waals surface area contributed by atoms with Crippen molar-refractivity contribution < 1.29 is 18.7 Å². The highest BCUT2D eigenvalue weighted by atomic mass is 19.1. The van der Waals surface area contributed by atoms with Crippen LogP contribution >= 0.6 is 0 Å². The normalized spacial score (nSPS) is 10.5. The first-order valence-electron chi connectivity index (χ1n) is 5.12. The molecule has 0 radical (unpaired) electrons. The third-order valence-corrected chi connectivity index (χ3v) is 2.37. The first-order valence-corrected chi connectivity index (χ1v) is 5.12. The van der Waals surface area contributed by atoms with Crippen molar-refractivity contribution in [1.82, 2.24) is 4.98 Å². The van der Waals surface area contributed by atoms with Gasteiger partial charge < -0.3 is 9.72 Å². The monoisotopic (exact) mass is 235 g/mol. The minimum absolute atomic E-state index is 0.123. The van der Waals surface area contributed by atoms with Crippen LogP contribution in [0, 0.1) is 5.82 Å². The van der Waals surface area contributed by atoms with Crippen molar-refractivity contribution in [2.45, 2.75) is 6.92 Å². The molecule has 0 saturated heterocycles. The van der Waals surface area contributed by atoms with Crippen molar-refractivity contribution >= 4 is 22.7 Å². The SMILES string of the molecule is CCOC(=O)C(=O)c1c[nH]c2c(F)cccc12. The highest BCUT2D eigenvalue weighted by molar-refractivity contribution is 6.42. The number of esters is 1. The van der Waals surface area contributed by atoms with E-state index in [9.17, 15) is 14.0 Å². The van der Waals surface area contributed by atoms with Crippen molar-refractivity contribution in [3.63, 3.8) is 0 Å². The molecular formula is C12H10FNO3. The third-order valence-electron chi connectivity index (χ3n) is 2.37. The lowest BCUT2D eigenvalue weighted by Gasteiger charge is -1.99. The molecule has 0 unspecified atom stereocenters. The smallest absolute Gasteiger partial charge is 0.379 e. The summed E-state index contributed by atoms with van der Waals surface area (Å²) in [5.74, 6) is -2.17. The van der Waals surface area contributed by atoms with Crippen molar-refractivity contribution in [3.05, 3.63) is 35.8 Å². The van der Waals surface area contributed by atoms with Gasteiger partial charge in [-0.15, -0.1) is 0 Å². The number of ketones is 1. The number of hydrogen-bond donors (Lipinski definition) is 1. The van der Waals surface area contributed by atoms with Gasteiger partial charge in [-0.25, -0.2) is 9.18 Å². The molecule has 4 nitrogen and oxygen atoms in total. The molecule has 0 atom stereocenters. The average molecular weight is 235 g/mol. The Morgan fingerprint density at radius 3 is 2.88 bits per heavy atom. The van der Waals surface area contributed by atoms with E-state index in [0.717, 1.165) is 0 Å². The Bertz CT molecular complexity index is 588. The minimum Gasteiger partial charge on any atom is -0.460 e. The highest BCUT2D eigenvalue weighted by Crippen LogP contribution is 2.21.